The molecule has 0 aromatic carbocycles. The summed E-state index contributed by atoms with van der Waals surface area (Å²) >= 11 is 1.44. The molecule has 4 heteroatoms. The van der Waals surface area contributed by atoms with Gasteiger partial charge < -0.3 is 10.2 Å². The maximum absolute atomic E-state index is 12.0. The predicted octanol–water partition coefficient (Wildman–Crippen LogP) is 2.77. The highest BCUT2D eigenvalue weighted by molar-refractivity contribution is 7.16. The second kappa shape index (κ2) is 3.55. The Morgan fingerprint density at radius 2 is 2.20 bits per heavy atom. The maximum atomic E-state index is 12.0. The molecule has 0 atom stereocenters. The van der Waals surface area contributed by atoms with Gasteiger partial charge in [-0.1, -0.05) is 0 Å². The molecule has 0 saturated heterocycles. The van der Waals surface area contributed by atoms with Gasteiger partial charge in [-0.2, -0.15) is 0 Å². The van der Waals surface area contributed by atoms with E-state index in [9.17, 15) is 4.79 Å². The molecule has 2 aromatic heterocycles. The van der Waals surface area contributed by atoms with Crippen LogP contribution in [0.15, 0.2) is 22.8 Å². The maximum Gasteiger partial charge on any atom is 0.231 e. The number of rotatable bonds is 2. The summed E-state index contributed by atoms with van der Waals surface area (Å²) in [5.74, 6) is 0.196. The largest absolute Gasteiger partial charge is 0.461 e. The smallest absolute Gasteiger partial charge is 0.231 e. The standard InChI is InChI=1S/C11H11NO2S/c1-6-7(2)15-11(12)9(6)10(13)8-4-3-5-14-8/h3-5H,12H2,1-2H3. The van der Waals surface area contributed by atoms with Gasteiger partial charge in [-0.3, -0.25) is 4.79 Å². The third-order valence-corrected chi connectivity index (χ3v) is 3.42. The lowest BCUT2D eigenvalue weighted by atomic mass is 10.1. The summed E-state index contributed by atoms with van der Waals surface area (Å²) in [6.45, 7) is 3.85. The molecule has 0 fully saturated rings. The fourth-order valence-corrected chi connectivity index (χ4v) is 2.40. The molecular formula is C11H11NO2S. The minimum atomic E-state index is -0.139. The van der Waals surface area contributed by atoms with E-state index < -0.39 is 0 Å². The lowest BCUT2D eigenvalue weighted by Crippen LogP contribution is -2.03. The third-order valence-electron chi connectivity index (χ3n) is 2.38. The van der Waals surface area contributed by atoms with Gasteiger partial charge >= 0.3 is 0 Å². The van der Waals surface area contributed by atoms with Crippen molar-refractivity contribution in [3.05, 3.63) is 40.2 Å². The molecule has 0 bridgehead atoms. The number of aryl methyl sites for hydroxylation is 1. The van der Waals surface area contributed by atoms with Crippen LogP contribution in [0, 0.1) is 13.8 Å². The van der Waals surface area contributed by atoms with Crippen LogP contribution in [0.2, 0.25) is 0 Å². The highest BCUT2D eigenvalue weighted by atomic mass is 32.1. The lowest BCUT2D eigenvalue weighted by Gasteiger charge is -1.98. The number of carbonyl (C=O) groups excluding carboxylic acids is 1. The second-order valence-electron chi connectivity index (χ2n) is 3.33. The Bertz CT molecular complexity index is 497. The molecule has 0 aliphatic heterocycles. The molecular weight excluding hydrogens is 210 g/mol. The molecule has 15 heavy (non-hydrogen) atoms. The van der Waals surface area contributed by atoms with Gasteiger partial charge in [-0.15, -0.1) is 11.3 Å². The van der Waals surface area contributed by atoms with Crippen molar-refractivity contribution in [3.63, 3.8) is 0 Å². The number of carbonyl (C=O) groups is 1. The van der Waals surface area contributed by atoms with Crippen molar-refractivity contribution >= 4 is 22.1 Å². The number of ketones is 1. The van der Waals surface area contributed by atoms with Crippen molar-refractivity contribution in [1.29, 1.82) is 0 Å². The third kappa shape index (κ3) is 1.57. The van der Waals surface area contributed by atoms with Gasteiger partial charge in [0, 0.05) is 4.88 Å². The molecule has 0 unspecified atom stereocenters. The van der Waals surface area contributed by atoms with Crippen LogP contribution in [0.25, 0.3) is 0 Å². The molecule has 2 heterocycles. The first-order valence-electron chi connectivity index (χ1n) is 4.55. The Balaban J connectivity index is 2.51. The van der Waals surface area contributed by atoms with E-state index in [1.54, 1.807) is 12.1 Å². The Morgan fingerprint density at radius 3 is 2.67 bits per heavy atom. The summed E-state index contributed by atoms with van der Waals surface area (Å²) < 4.78 is 5.07. The number of hydrogen-bond donors (Lipinski definition) is 1. The number of thiophene rings is 1. The topological polar surface area (TPSA) is 56.2 Å². The number of anilines is 1. The number of furan rings is 1. The lowest BCUT2D eigenvalue weighted by molar-refractivity contribution is 0.101. The van der Waals surface area contributed by atoms with E-state index in [1.165, 1.54) is 17.6 Å². The summed E-state index contributed by atoms with van der Waals surface area (Å²) in [4.78, 5) is 13.1. The summed E-state index contributed by atoms with van der Waals surface area (Å²) in [6.07, 6.45) is 1.48. The molecule has 0 aliphatic rings. The summed E-state index contributed by atoms with van der Waals surface area (Å²) in [5.41, 5.74) is 7.33. The summed E-state index contributed by atoms with van der Waals surface area (Å²) in [7, 11) is 0. The molecule has 0 radical (unpaired) electrons. The Morgan fingerprint density at radius 1 is 1.47 bits per heavy atom. The minimum absolute atomic E-state index is 0.139. The average molecular weight is 221 g/mol. The van der Waals surface area contributed by atoms with Crippen LogP contribution in [0.5, 0.6) is 0 Å². The van der Waals surface area contributed by atoms with Crippen LogP contribution in [-0.4, -0.2) is 5.78 Å². The van der Waals surface area contributed by atoms with E-state index in [0.717, 1.165) is 10.4 Å². The van der Waals surface area contributed by atoms with Crippen molar-refractivity contribution in [2.45, 2.75) is 13.8 Å². The molecule has 78 valence electrons. The van der Waals surface area contributed by atoms with E-state index in [1.807, 2.05) is 13.8 Å². The van der Waals surface area contributed by atoms with E-state index in [0.29, 0.717) is 16.3 Å². The number of nitrogens with two attached hydrogens (primary N) is 1. The van der Waals surface area contributed by atoms with Gasteiger partial charge in [-0.25, -0.2) is 0 Å². The van der Waals surface area contributed by atoms with Gasteiger partial charge in [-0.05, 0) is 31.5 Å². The quantitative estimate of drug-likeness (QED) is 0.793. The van der Waals surface area contributed by atoms with E-state index in [2.05, 4.69) is 0 Å². The van der Waals surface area contributed by atoms with Crippen molar-refractivity contribution in [1.82, 2.24) is 0 Å². The van der Waals surface area contributed by atoms with Crippen molar-refractivity contribution in [3.8, 4) is 0 Å². The van der Waals surface area contributed by atoms with Crippen LogP contribution in [0.3, 0.4) is 0 Å². The number of nitrogen functional groups attached to an aromatic ring is 1. The van der Waals surface area contributed by atoms with Crippen LogP contribution in [0.1, 0.15) is 26.6 Å². The van der Waals surface area contributed by atoms with Gasteiger partial charge in [0.25, 0.3) is 0 Å². The Kier molecular flexibility index (Phi) is 2.36. The minimum Gasteiger partial charge on any atom is -0.461 e. The first kappa shape index (κ1) is 9.98. The fourth-order valence-electron chi connectivity index (χ4n) is 1.47. The van der Waals surface area contributed by atoms with Crippen LogP contribution in [0.4, 0.5) is 5.00 Å². The van der Waals surface area contributed by atoms with Crippen molar-refractivity contribution in [2.75, 3.05) is 5.73 Å². The molecule has 2 rings (SSSR count). The SMILES string of the molecule is Cc1sc(N)c(C(=O)c2ccco2)c1C. The number of hydrogen-bond acceptors (Lipinski definition) is 4. The van der Waals surface area contributed by atoms with Gasteiger partial charge in [0.15, 0.2) is 5.76 Å². The van der Waals surface area contributed by atoms with Crippen molar-refractivity contribution < 1.29 is 9.21 Å². The van der Waals surface area contributed by atoms with Crippen LogP contribution >= 0.6 is 11.3 Å². The molecule has 0 aliphatic carbocycles. The van der Waals surface area contributed by atoms with Crippen molar-refractivity contribution in [2.24, 2.45) is 0 Å². The van der Waals surface area contributed by atoms with Crippen LogP contribution < -0.4 is 5.73 Å². The molecule has 3 nitrogen and oxygen atoms in total. The second-order valence-corrected chi connectivity index (χ2v) is 4.59. The highest BCUT2D eigenvalue weighted by Crippen LogP contribution is 2.31. The van der Waals surface area contributed by atoms with Gasteiger partial charge in [0.1, 0.15) is 0 Å². The highest BCUT2D eigenvalue weighted by Gasteiger charge is 2.20. The zero-order valence-corrected chi connectivity index (χ0v) is 9.35. The molecule has 2 aromatic rings. The molecule has 0 amide bonds. The van der Waals surface area contributed by atoms with Gasteiger partial charge in [0.2, 0.25) is 5.78 Å². The fraction of sp³-hybridized carbons (Fsp3) is 0.182. The first-order valence-corrected chi connectivity index (χ1v) is 5.36. The van der Waals surface area contributed by atoms with Crippen LogP contribution in [-0.2, 0) is 0 Å². The van der Waals surface area contributed by atoms with E-state index in [-0.39, 0.29) is 5.78 Å². The average Bonchev–Trinajstić information content (AvgIpc) is 2.76. The zero-order valence-electron chi connectivity index (χ0n) is 8.53. The molecule has 2 N–H and O–H groups in total. The van der Waals surface area contributed by atoms with E-state index in [4.69, 9.17) is 10.2 Å². The van der Waals surface area contributed by atoms with Gasteiger partial charge in [0.05, 0.1) is 16.8 Å². The Labute approximate surface area is 91.5 Å². The normalized spacial score (nSPS) is 10.5. The Hall–Kier alpha value is -1.55. The zero-order chi connectivity index (χ0) is 11.0. The first-order chi connectivity index (χ1) is 7.11. The monoisotopic (exact) mass is 221 g/mol. The molecule has 0 spiro atoms. The van der Waals surface area contributed by atoms with E-state index >= 15 is 0 Å². The molecule has 0 saturated carbocycles. The summed E-state index contributed by atoms with van der Waals surface area (Å²) in [5, 5.41) is 0.561. The predicted molar refractivity (Wildman–Crippen MR) is 60.3 cm³/mol. The summed E-state index contributed by atoms with van der Waals surface area (Å²) in [6, 6.07) is 3.34.